The summed E-state index contributed by atoms with van der Waals surface area (Å²) in [5, 5.41) is 0. The summed E-state index contributed by atoms with van der Waals surface area (Å²) in [4.78, 5) is 4.51. The number of fused-ring (bicyclic) bond motifs is 3. The molecule has 0 spiro atoms. The van der Waals surface area contributed by atoms with Crippen molar-refractivity contribution in [1.29, 1.82) is 0 Å². The highest BCUT2D eigenvalue weighted by Gasteiger charge is 2.55. The summed E-state index contributed by atoms with van der Waals surface area (Å²) in [5.41, 5.74) is 12.0. The average molecular weight is 278 g/mol. The van der Waals surface area contributed by atoms with Crippen LogP contribution in [0.25, 0.3) is 0 Å². The Bertz CT molecular complexity index is 647. The molecule has 2 aliphatic carbocycles. The molecule has 2 N–H and O–H groups in total. The molecule has 0 aliphatic heterocycles. The lowest BCUT2D eigenvalue weighted by atomic mass is 9.92. The van der Waals surface area contributed by atoms with Crippen molar-refractivity contribution in [3.05, 3.63) is 65.0 Å². The Morgan fingerprint density at radius 3 is 2.90 bits per heavy atom. The Labute approximate surface area is 126 Å². The van der Waals surface area contributed by atoms with E-state index >= 15 is 0 Å². The van der Waals surface area contributed by atoms with Crippen molar-refractivity contribution in [1.82, 2.24) is 4.98 Å². The summed E-state index contributed by atoms with van der Waals surface area (Å²) >= 11 is 0. The molecule has 2 aromatic rings. The predicted molar refractivity (Wildman–Crippen MR) is 85.1 cm³/mol. The van der Waals surface area contributed by atoms with Crippen LogP contribution < -0.4 is 5.73 Å². The van der Waals surface area contributed by atoms with Crippen molar-refractivity contribution in [2.45, 2.75) is 38.1 Å². The molecule has 1 fully saturated rings. The number of aryl methyl sites for hydroxylation is 2. The van der Waals surface area contributed by atoms with Gasteiger partial charge in [0.2, 0.25) is 0 Å². The zero-order chi connectivity index (χ0) is 14.4. The maximum absolute atomic E-state index is 6.53. The number of aromatic nitrogens is 1. The van der Waals surface area contributed by atoms with Crippen molar-refractivity contribution in [3.8, 4) is 0 Å². The Hall–Kier alpha value is -1.67. The van der Waals surface area contributed by atoms with E-state index in [2.05, 4.69) is 48.3 Å². The Kier molecular flexibility index (Phi) is 3.07. The van der Waals surface area contributed by atoms with E-state index in [4.69, 9.17) is 5.73 Å². The highest BCUT2D eigenvalue weighted by molar-refractivity contribution is 5.40. The molecule has 0 radical (unpaired) electrons. The molecule has 0 saturated heterocycles. The standard InChI is InChI=1S/C19H22N2/c1-12-6-8-14(21-11-12)10-17(20)19-16-9-7-13-4-2-3-5-15(13)18(16)19/h2-6,8,11,16-19H,7,9-10,20H2,1H3. The summed E-state index contributed by atoms with van der Waals surface area (Å²) in [6.07, 6.45) is 5.38. The Morgan fingerprint density at radius 2 is 2.10 bits per heavy atom. The van der Waals surface area contributed by atoms with E-state index in [0.717, 1.165) is 18.0 Å². The quantitative estimate of drug-likeness (QED) is 0.936. The molecule has 4 unspecified atom stereocenters. The van der Waals surface area contributed by atoms with E-state index in [0.29, 0.717) is 11.8 Å². The molecule has 21 heavy (non-hydrogen) atoms. The largest absolute Gasteiger partial charge is 0.327 e. The summed E-state index contributed by atoms with van der Waals surface area (Å²) in [7, 11) is 0. The molecule has 1 saturated carbocycles. The number of hydrogen-bond donors (Lipinski definition) is 1. The maximum atomic E-state index is 6.53. The minimum Gasteiger partial charge on any atom is -0.327 e. The van der Waals surface area contributed by atoms with Crippen LogP contribution in [0, 0.1) is 18.8 Å². The molecule has 4 atom stereocenters. The number of benzene rings is 1. The van der Waals surface area contributed by atoms with Gasteiger partial charge >= 0.3 is 0 Å². The first-order chi connectivity index (χ1) is 10.2. The van der Waals surface area contributed by atoms with Gasteiger partial charge in [0, 0.05) is 24.4 Å². The van der Waals surface area contributed by atoms with Crippen molar-refractivity contribution in [2.75, 3.05) is 0 Å². The van der Waals surface area contributed by atoms with Gasteiger partial charge < -0.3 is 5.73 Å². The second-order valence-electron chi connectivity index (χ2n) is 6.70. The molecule has 1 heterocycles. The van der Waals surface area contributed by atoms with Gasteiger partial charge in [-0.2, -0.15) is 0 Å². The van der Waals surface area contributed by atoms with E-state index in [1.165, 1.54) is 18.4 Å². The van der Waals surface area contributed by atoms with Crippen LogP contribution in [-0.4, -0.2) is 11.0 Å². The second kappa shape index (κ2) is 4.96. The minimum absolute atomic E-state index is 0.237. The zero-order valence-corrected chi connectivity index (χ0v) is 12.5. The molecule has 108 valence electrons. The third-order valence-corrected chi connectivity index (χ3v) is 5.30. The molecule has 4 rings (SSSR count). The van der Waals surface area contributed by atoms with E-state index in [1.807, 2.05) is 6.20 Å². The average Bonchev–Trinajstić information content (AvgIpc) is 3.25. The molecule has 2 aliphatic rings. The van der Waals surface area contributed by atoms with Crippen molar-refractivity contribution in [2.24, 2.45) is 17.6 Å². The first-order valence-corrected chi connectivity index (χ1v) is 7.99. The lowest BCUT2D eigenvalue weighted by Gasteiger charge is -2.13. The van der Waals surface area contributed by atoms with Gasteiger partial charge in [0.1, 0.15) is 0 Å². The minimum atomic E-state index is 0.237. The highest BCUT2D eigenvalue weighted by Crippen LogP contribution is 2.61. The van der Waals surface area contributed by atoms with Crippen molar-refractivity contribution < 1.29 is 0 Å². The Balaban J connectivity index is 1.50. The van der Waals surface area contributed by atoms with E-state index in [9.17, 15) is 0 Å². The van der Waals surface area contributed by atoms with Gasteiger partial charge in [-0.25, -0.2) is 0 Å². The van der Waals surface area contributed by atoms with Crippen molar-refractivity contribution in [3.63, 3.8) is 0 Å². The van der Waals surface area contributed by atoms with Crippen LogP contribution in [0.4, 0.5) is 0 Å². The van der Waals surface area contributed by atoms with Gasteiger partial charge in [-0.15, -0.1) is 0 Å². The monoisotopic (exact) mass is 278 g/mol. The molecule has 2 nitrogen and oxygen atoms in total. The highest BCUT2D eigenvalue weighted by atomic mass is 14.8. The van der Waals surface area contributed by atoms with Crippen LogP contribution in [0.1, 0.15) is 34.7 Å². The normalized spacial score (nSPS) is 27.6. The molecule has 0 bridgehead atoms. The molecular weight excluding hydrogens is 256 g/mol. The molecule has 0 amide bonds. The van der Waals surface area contributed by atoms with Crippen LogP contribution in [0.15, 0.2) is 42.6 Å². The number of nitrogens with two attached hydrogens (primary N) is 1. The molecular formula is C19H22N2. The van der Waals surface area contributed by atoms with Crippen LogP contribution in [0.2, 0.25) is 0 Å². The smallest absolute Gasteiger partial charge is 0.0419 e. The third kappa shape index (κ3) is 2.28. The van der Waals surface area contributed by atoms with E-state index < -0.39 is 0 Å². The van der Waals surface area contributed by atoms with E-state index in [1.54, 1.807) is 11.1 Å². The summed E-state index contributed by atoms with van der Waals surface area (Å²) in [6, 6.07) is 13.4. The maximum Gasteiger partial charge on any atom is 0.0419 e. The predicted octanol–water partition coefficient (Wildman–Crippen LogP) is 3.24. The lowest BCUT2D eigenvalue weighted by molar-refractivity contribution is 0.527. The molecule has 2 heteroatoms. The number of nitrogens with zero attached hydrogens (tertiary/aromatic N) is 1. The summed E-state index contributed by atoms with van der Waals surface area (Å²) in [6.45, 7) is 2.07. The summed E-state index contributed by atoms with van der Waals surface area (Å²) in [5.74, 6) is 2.16. The summed E-state index contributed by atoms with van der Waals surface area (Å²) < 4.78 is 0. The molecule has 1 aromatic heterocycles. The van der Waals surface area contributed by atoms with Crippen LogP contribution in [0.3, 0.4) is 0 Å². The topological polar surface area (TPSA) is 38.9 Å². The van der Waals surface area contributed by atoms with Crippen LogP contribution in [-0.2, 0) is 12.8 Å². The molecule has 1 aromatic carbocycles. The Morgan fingerprint density at radius 1 is 1.24 bits per heavy atom. The fourth-order valence-corrected chi connectivity index (χ4v) is 4.20. The number of pyridine rings is 1. The third-order valence-electron chi connectivity index (χ3n) is 5.30. The SMILES string of the molecule is Cc1ccc(CC(N)C2C3CCc4ccccc4C32)nc1. The van der Waals surface area contributed by atoms with Crippen LogP contribution in [0.5, 0.6) is 0 Å². The van der Waals surface area contributed by atoms with Crippen LogP contribution >= 0.6 is 0 Å². The second-order valence-corrected chi connectivity index (χ2v) is 6.70. The fourth-order valence-electron chi connectivity index (χ4n) is 4.20. The number of rotatable bonds is 3. The van der Waals surface area contributed by atoms with Gasteiger partial charge in [0.05, 0.1) is 0 Å². The number of hydrogen-bond acceptors (Lipinski definition) is 2. The van der Waals surface area contributed by atoms with Gasteiger partial charge in [0.25, 0.3) is 0 Å². The first kappa shape index (κ1) is 13.0. The fraction of sp³-hybridized carbons (Fsp3) is 0.421. The van der Waals surface area contributed by atoms with E-state index in [-0.39, 0.29) is 6.04 Å². The first-order valence-electron chi connectivity index (χ1n) is 7.99. The van der Waals surface area contributed by atoms with Gasteiger partial charge in [0.15, 0.2) is 0 Å². The lowest BCUT2D eigenvalue weighted by Crippen LogP contribution is -2.27. The zero-order valence-electron chi connectivity index (χ0n) is 12.5. The van der Waals surface area contributed by atoms with Crippen molar-refractivity contribution >= 4 is 0 Å². The van der Waals surface area contributed by atoms with Gasteiger partial charge in [-0.05, 0) is 60.3 Å². The van der Waals surface area contributed by atoms with Gasteiger partial charge in [-0.1, -0.05) is 30.3 Å². The van der Waals surface area contributed by atoms with Gasteiger partial charge in [-0.3, -0.25) is 4.98 Å².